The minimum atomic E-state index is -0.497. The van der Waals surface area contributed by atoms with Gasteiger partial charge in [0.1, 0.15) is 0 Å². The topological polar surface area (TPSA) is 92.4 Å². The van der Waals surface area contributed by atoms with Crippen molar-refractivity contribution in [3.63, 3.8) is 0 Å². The Balaban J connectivity index is 1.70. The lowest BCUT2D eigenvalue weighted by atomic mass is 10.1. The molecule has 1 aliphatic heterocycles. The molecule has 0 radical (unpaired) electrons. The predicted octanol–water partition coefficient (Wildman–Crippen LogP) is 3.78. The van der Waals surface area contributed by atoms with E-state index in [9.17, 15) is 14.4 Å². The molecule has 3 heterocycles. The summed E-state index contributed by atoms with van der Waals surface area (Å²) in [7, 11) is 1.31. The van der Waals surface area contributed by atoms with E-state index in [0.717, 1.165) is 30.8 Å². The van der Waals surface area contributed by atoms with Crippen LogP contribution < -0.4 is 5.56 Å². The fraction of sp³-hybridized carbons (Fsp3) is 0.440. The number of methoxy groups -OCH3 is 1. The number of carbonyl (C=O) groups is 2. The summed E-state index contributed by atoms with van der Waals surface area (Å²) in [6, 6.07) is 6.63. The van der Waals surface area contributed by atoms with Crippen molar-refractivity contribution in [3.05, 3.63) is 57.1 Å². The Hall–Kier alpha value is -2.91. The molecular weight excluding hydrogens is 454 g/mol. The van der Waals surface area contributed by atoms with Gasteiger partial charge in [0.05, 0.1) is 42.0 Å². The largest absolute Gasteiger partial charge is 0.465 e. The number of esters is 1. The van der Waals surface area contributed by atoms with Gasteiger partial charge < -0.3 is 14.0 Å². The molecule has 1 saturated heterocycles. The molecule has 180 valence electrons. The number of aryl methyl sites for hydroxylation is 1. The lowest BCUT2D eigenvalue weighted by Gasteiger charge is -2.16. The summed E-state index contributed by atoms with van der Waals surface area (Å²) in [5.41, 5.74) is 3.18. The van der Waals surface area contributed by atoms with Gasteiger partial charge in [-0.3, -0.25) is 14.2 Å². The lowest BCUT2D eigenvalue weighted by molar-refractivity contribution is 0.0600. The number of hydrogen-bond donors (Lipinski definition) is 0. The molecule has 1 aliphatic rings. The Labute approximate surface area is 202 Å². The molecule has 0 amide bonds. The van der Waals surface area contributed by atoms with Gasteiger partial charge in [0.15, 0.2) is 10.9 Å². The van der Waals surface area contributed by atoms with Gasteiger partial charge >= 0.3 is 5.97 Å². The maximum absolute atomic E-state index is 13.4. The van der Waals surface area contributed by atoms with Crippen LogP contribution in [0.15, 0.2) is 34.2 Å². The summed E-state index contributed by atoms with van der Waals surface area (Å²) < 4.78 is 14.3. The minimum absolute atomic E-state index is 0.0147. The van der Waals surface area contributed by atoms with Gasteiger partial charge in [0.25, 0.3) is 5.56 Å². The monoisotopic (exact) mass is 483 g/mol. The third-order valence-corrected chi connectivity index (χ3v) is 7.25. The normalized spacial score (nSPS) is 15.7. The number of benzene rings is 1. The van der Waals surface area contributed by atoms with Crippen molar-refractivity contribution in [1.29, 1.82) is 0 Å². The van der Waals surface area contributed by atoms with Crippen molar-refractivity contribution in [3.8, 4) is 0 Å². The quantitative estimate of drug-likeness (QED) is 0.208. The maximum Gasteiger partial charge on any atom is 0.337 e. The number of aromatic nitrogens is 3. The molecule has 9 heteroatoms. The first-order valence-corrected chi connectivity index (χ1v) is 12.4. The van der Waals surface area contributed by atoms with Gasteiger partial charge in [-0.1, -0.05) is 11.8 Å². The van der Waals surface area contributed by atoms with Crippen LogP contribution in [-0.2, 0) is 22.6 Å². The number of carbonyl (C=O) groups excluding carboxylic acids is 2. The molecule has 1 aromatic carbocycles. The third kappa shape index (κ3) is 4.67. The second-order valence-electron chi connectivity index (χ2n) is 8.41. The van der Waals surface area contributed by atoms with E-state index in [1.165, 1.54) is 18.9 Å². The molecule has 4 rings (SSSR count). The van der Waals surface area contributed by atoms with Crippen LogP contribution in [0.4, 0.5) is 0 Å². The van der Waals surface area contributed by atoms with E-state index in [0.29, 0.717) is 40.3 Å². The molecule has 34 heavy (non-hydrogen) atoms. The number of ketones is 1. The zero-order valence-corrected chi connectivity index (χ0v) is 20.7. The number of hydrogen-bond acceptors (Lipinski definition) is 7. The first kappa shape index (κ1) is 24.2. The van der Waals surface area contributed by atoms with Crippen LogP contribution in [0.25, 0.3) is 10.9 Å². The highest BCUT2D eigenvalue weighted by atomic mass is 32.2. The van der Waals surface area contributed by atoms with Crippen molar-refractivity contribution in [1.82, 2.24) is 14.1 Å². The summed E-state index contributed by atoms with van der Waals surface area (Å²) in [6.07, 6.45) is 1.76. The zero-order chi connectivity index (χ0) is 24.4. The summed E-state index contributed by atoms with van der Waals surface area (Å²) in [5.74, 6) is -0.365. The number of nitrogens with zero attached hydrogens (tertiary/aromatic N) is 3. The lowest BCUT2D eigenvalue weighted by Crippen LogP contribution is -2.29. The van der Waals surface area contributed by atoms with Gasteiger partial charge in [0, 0.05) is 30.1 Å². The summed E-state index contributed by atoms with van der Waals surface area (Å²) >= 11 is 1.24. The number of ether oxygens (including phenoxy) is 2. The Kier molecular flexibility index (Phi) is 7.23. The van der Waals surface area contributed by atoms with Gasteiger partial charge in [-0.05, 0) is 57.9 Å². The SMILES string of the molecule is CCn1c(C)cc(C(=O)CSc2nc3cc(C(=O)OC)ccc3c(=O)n2CC2CCCO2)c1C. The van der Waals surface area contributed by atoms with E-state index in [1.807, 2.05) is 26.8 Å². The number of Topliss-reactive ketones (excluding diaryl/α,β-unsaturated/α-hetero) is 1. The predicted molar refractivity (Wildman–Crippen MR) is 131 cm³/mol. The first-order chi connectivity index (χ1) is 16.3. The first-order valence-electron chi connectivity index (χ1n) is 11.4. The summed E-state index contributed by atoms with van der Waals surface area (Å²) in [4.78, 5) is 43.1. The van der Waals surface area contributed by atoms with E-state index in [1.54, 1.807) is 22.8 Å². The van der Waals surface area contributed by atoms with Gasteiger partial charge in [0.2, 0.25) is 0 Å². The minimum Gasteiger partial charge on any atom is -0.465 e. The number of thioether (sulfide) groups is 1. The Bertz CT molecular complexity index is 1300. The van der Waals surface area contributed by atoms with Crippen molar-refractivity contribution in [2.75, 3.05) is 19.5 Å². The fourth-order valence-electron chi connectivity index (χ4n) is 4.49. The van der Waals surface area contributed by atoms with E-state index < -0.39 is 5.97 Å². The van der Waals surface area contributed by atoms with Crippen molar-refractivity contribution in [2.24, 2.45) is 0 Å². The average molecular weight is 484 g/mol. The van der Waals surface area contributed by atoms with E-state index in [4.69, 9.17) is 9.47 Å². The van der Waals surface area contributed by atoms with Crippen LogP contribution in [0.2, 0.25) is 0 Å². The summed E-state index contributed by atoms with van der Waals surface area (Å²) in [6.45, 7) is 7.84. The molecule has 8 nitrogen and oxygen atoms in total. The Morgan fingerprint density at radius 3 is 2.68 bits per heavy atom. The molecule has 1 unspecified atom stereocenters. The molecule has 2 aromatic heterocycles. The van der Waals surface area contributed by atoms with Crippen LogP contribution in [0.3, 0.4) is 0 Å². The third-order valence-electron chi connectivity index (χ3n) is 6.27. The van der Waals surface area contributed by atoms with Crippen LogP contribution in [-0.4, -0.2) is 51.4 Å². The second kappa shape index (κ2) is 10.1. The van der Waals surface area contributed by atoms with E-state index in [2.05, 4.69) is 9.55 Å². The molecule has 1 atom stereocenters. The molecule has 0 aliphatic carbocycles. The molecule has 3 aromatic rings. The highest BCUT2D eigenvalue weighted by Gasteiger charge is 2.22. The standard InChI is InChI=1S/C25H29N3O5S/c1-5-27-15(2)11-20(16(27)3)22(29)14-34-25-26-21-12-17(24(31)32-4)8-9-19(21)23(30)28(25)13-18-7-6-10-33-18/h8-9,11-12,18H,5-7,10,13-14H2,1-4H3. The van der Waals surface area contributed by atoms with Gasteiger partial charge in [-0.2, -0.15) is 0 Å². The highest BCUT2D eigenvalue weighted by Crippen LogP contribution is 2.24. The molecule has 1 fully saturated rings. The van der Waals surface area contributed by atoms with Crippen LogP contribution in [0.5, 0.6) is 0 Å². The maximum atomic E-state index is 13.4. The van der Waals surface area contributed by atoms with Crippen molar-refractivity contribution in [2.45, 2.75) is 58.0 Å². The number of rotatable bonds is 8. The molecule has 0 spiro atoms. The zero-order valence-electron chi connectivity index (χ0n) is 19.9. The molecular formula is C25H29N3O5S. The van der Waals surface area contributed by atoms with Crippen LogP contribution >= 0.6 is 11.8 Å². The van der Waals surface area contributed by atoms with Crippen LogP contribution in [0.1, 0.15) is 51.9 Å². The number of fused-ring (bicyclic) bond motifs is 1. The second-order valence-corrected chi connectivity index (χ2v) is 9.35. The van der Waals surface area contributed by atoms with Gasteiger partial charge in [-0.15, -0.1) is 0 Å². The van der Waals surface area contributed by atoms with Gasteiger partial charge in [-0.25, -0.2) is 9.78 Å². The smallest absolute Gasteiger partial charge is 0.337 e. The summed E-state index contributed by atoms with van der Waals surface area (Å²) in [5, 5.41) is 0.848. The average Bonchev–Trinajstić information content (AvgIpc) is 3.45. The fourth-order valence-corrected chi connectivity index (χ4v) is 5.38. The van der Waals surface area contributed by atoms with Crippen molar-refractivity contribution < 1.29 is 19.1 Å². The van der Waals surface area contributed by atoms with Crippen molar-refractivity contribution >= 4 is 34.4 Å². The molecule has 0 N–H and O–H groups in total. The Morgan fingerprint density at radius 2 is 2.03 bits per heavy atom. The molecule has 0 saturated carbocycles. The Morgan fingerprint density at radius 1 is 1.24 bits per heavy atom. The van der Waals surface area contributed by atoms with Crippen LogP contribution in [0, 0.1) is 13.8 Å². The van der Waals surface area contributed by atoms with E-state index >= 15 is 0 Å². The van der Waals surface area contributed by atoms with E-state index in [-0.39, 0.29) is 23.2 Å². The highest BCUT2D eigenvalue weighted by molar-refractivity contribution is 7.99. The molecule has 0 bridgehead atoms.